The van der Waals surface area contributed by atoms with Crippen molar-refractivity contribution in [3.8, 4) is 17.1 Å². The van der Waals surface area contributed by atoms with Gasteiger partial charge >= 0.3 is 0 Å². The van der Waals surface area contributed by atoms with Crippen LogP contribution in [0.25, 0.3) is 11.4 Å². The van der Waals surface area contributed by atoms with Gasteiger partial charge in [-0.05, 0) is 42.3 Å². The van der Waals surface area contributed by atoms with Crippen LogP contribution in [0, 0.1) is 6.92 Å². The molecule has 0 saturated heterocycles. The number of carbonyl (C=O) groups excluding carboxylic acids is 1. The van der Waals surface area contributed by atoms with E-state index in [4.69, 9.17) is 4.74 Å². The van der Waals surface area contributed by atoms with Gasteiger partial charge < -0.3 is 10.1 Å². The summed E-state index contributed by atoms with van der Waals surface area (Å²) in [5.74, 6) is 1.86. The Labute approximate surface area is 162 Å². The van der Waals surface area contributed by atoms with E-state index in [1.165, 1.54) is 0 Å². The summed E-state index contributed by atoms with van der Waals surface area (Å²) in [7, 11) is 3.51. The number of methoxy groups -OCH3 is 1. The standard InChI is InChI=1S/C20H20N4O2S/c1-12-7-8-13(26-3)10-14(12)19-17-18(15-6-4-5-9-21-15)23-24(2)20(17)22-16(25)11-27-19/h4-10,19H,11H2,1-3H3,(H,22,25). The molecule has 4 rings (SSSR count). The van der Waals surface area contributed by atoms with Gasteiger partial charge in [0, 0.05) is 18.8 Å². The number of amides is 1. The SMILES string of the molecule is COc1ccc(C)c(C2SCC(=O)Nc3c2c(-c2ccccn2)nn3C)c1. The van der Waals surface area contributed by atoms with Crippen LogP contribution in [0.5, 0.6) is 5.75 Å². The number of rotatable bonds is 3. The van der Waals surface area contributed by atoms with E-state index in [0.29, 0.717) is 5.75 Å². The molecule has 0 bridgehead atoms. The van der Waals surface area contributed by atoms with Gasteiger partial charge in [-0.1, -0.05) is 12.1 Å². The van der Waals surface area contributed by atoms with E-state index in [1.807, 2.05) is 43.4 Å². The van der Waals surface area contributed by atoms with Gasteiger partial charge in [0.1, 0.15) is 17.3 Å². The Hall–Kier alpha value is -2.80. The number of thioether (sulfide) groups is 1. The summed E-state index contributed by atoms with van der Waals surface area (Å²) < 4.78 is 7.16. The highest BCUT2D eigenvalue weighted by molar-refractivity contribution is 8.00. The van der Waals surface area contributed by atoms with Crippen LogP contribution in [0.2, 0.25) is 0 Å². The number of aromatic nitrogens is 3. The van der Waals surface area contributed by atoms with Crippen molar-refractivity contribution in [2.45, 2.75) is 12.2 Å². The molecular weight excluding hydrogens is 360 g/mol. The topological polar surface area (TPSA) is 69.0 Å². The maximum atomic E-state index is 12.3. The maximum Gasteiger partial charge on any atom is 0.235 e. The van der Waals surface area contributed by atoms with Crippen LogP contribution >= 0.6 is 11.8 Å². The van der Waals surface area contributed by atoms with Crippen LogP contribution in [0.1, 0.15) is 21.9 Å². The third-order valence-corrected chi connectivity index (χ3v) is 5.91. The Kier molecular flexibility index (Phi) is 4.61. The van der Waals surface area contributed by atoms with Gasteiger partial charge in [0.2, 0.25) is 5.91 Å². The van der Waals surface area contributed by atoms with Crippen molar-refractivity contribution >= 4 is 23.5 Å². The lowest BCUT2D eigenvalue weighted by atomic mass is 9.98. The lowest BCUT2D eigenvalue weighted by Gasteiger charge is -2.19. The molecule has 27 heavy (non-hydrogen) atoms. The van der Waals surface area contributed by atoms with Gasteiger partial charge in [-0.3, -0.25) is 14.5 Å². The van der Waals surface area contributed by atoms with Crippen LogP contribution in [-0.4, -0.2) is 33.5 Å². The normalized spacial score (nSPS) is 16.4. The minimum Gasteiger partial charge on any atom is -0.497 e. The summed E-state index contributed by atoms with van der Waals surface area (Å²) in [6, 6.07) is 11.8. The Bertz CT molecular complexity index is 1000. The monoisotopic (exact) mass is 380 g/mol. The molecule has 1 aliphatic heterocycles. The van der Waals surface area contributed by atoms with E-state index in [2.05, 4.69) is 22.3 Å². The Morgan fingerprint density at radius 3 is 2.89 bits per heavy atom. The van der Waals surface area contributed by atoms with Gasteiger partial charge in [-0.15, -0.1) is 11.8 Å². The first-order valence-corrected chi connectivity index (χ1v) is 9.67. The summed E-state index contributed by atoms with van der Waals surface area (Å²) >= 11 is 1.59. The number of fused-ring (bicyclic) bond motifs is 1. The van der Waals surface area contributed by atoms with E-state index < -0.39 is 0 Å². The molecule has 2 aromatic heterocycles. The van der Waals surface area contributed by atoms with Crippen molar-refractivity contribution in [3.63, 3.8) is 0 Å². The molecule has 3 aromatic rings. The fourth-order valence-electron chi connectivity index (χ4n) is 3.31. The lowest BCUT2D eigenvalue weighted by Crippen LogP contribution is -2.15. The molecule has 0 aliphatic carbocycles. The van der Waals surface area contributed by atoms with Crippen molar-refractivity contribution in [2.75, 3.05) is 18.2 Å². The number of ether oxygens (including phenoxy) is 1. The van der Waals surface area contributed by atoms with E-state index >= 15 is 0 Å². The largest absolute Gasteiger partial charge is 0.497 e. The number of pyridine rings is 1. The van der Waals surface area contributed by atoms with Gasteiger partial charge in [-0.2, -0.15) is 5.10 Å². The number of hydrogen-bond donors (Lipinski definition) is 1. The van der Waals surface area contributed by atoms with Crippen LogP contribution in [0.3, 0.4) is 0 Å². The molecule has 1 amide bonds. The van der Waals surface area contributed by atoms with Gasteiger partial charge in [0.25, 0.3) is 0 Å². The predicted octanol–water partition coefficient (Wildman–Crippen LogP) is 3.57. The summed E-state index contributed by atoms with van der Waals surface area (Å²) in [4.78, 5) is 16.8. The second-order valence-electron chi connectivity index (χ2n) is 6.41. The molecule has 1 aromatic carbocycles. The Morgan fingerprint density at radius 2 is 2.15 bits per heavy atom. The molecule has 0 saturated carbocycles. The number of benzene rings is 1. The zero-order valence-corrected chi connectivity index (χ0v) is 16.2. The number of hydrogen-bond acceptors (Lipinski definition) is 5. The smallest absolute Gasteiger partial charge is 0.235 e. The number of nitrogens with one attached hydrogen (secondary N) is 1. The average Bonchev–Trinajstić information content (AvgIpc) is 2.89. The molecule has 6 nitrogen and oxygen atoms in total. The number of aryl methyl sites for hydroxylation is 2. The predicted molar refractivity (Wildman–Crippen MR) is 107 cm³/mol. The quantitative estimate of drug-likeness (QED) is 0.752. The van der Waals surface area contributed by atoms with Crippen molar-refractivity contribution in [3.05, 3.63) is 59.3 Å². The Balaban J connectivity index is 1.95. The van der Waals surface area contributed by atoms with E-state index in [1.54, 1.807) is 29.8 Å². The highest BCUT2D eigenvalue weighted by atomic mass is 32.2. The highest BCUT2D eigenvalue weighted by Crippen LogP contribution is 2.47. The average molecular weight is 380 g/mol. The van der Waals surface area contributed by atoms with Crippen molar-refractivity contribution < 1.29 is 9.53 Å². The molecular formula is C20H20N4O2S. The van der Waals surface area contributed by atoms with Gasteiger partial charge in [-0.25, -0.2) is 0 Å². The minimum atomic E-state index is -0.0558. The fraction of sp³-hybridized carbons (Fsp3) is 0.250. The summed E-state index contributed by atoms with van der Waals surface area (Å²) in [5, 5.41) is 7.64. The van der Waals surface area contributed by atoms with E-state index in [0.717, 1.165) is 39.6 Å². The first-order valence-electron chi connectivity index (χ1n) is 8.62. The molecule has 1 aliphatic rings. The third kappa shape index (κ3) is 3.19. The van der Waals surface area contributed by atoms with E-state index in [9.17, 15) is 4.79 Å². The van der Waals surface area contributed by atoms with Crippen LogP contribution in [-0.2, 0) is 11.8 Å². The van der Waals surface area contributed by atoms with Crippen LogP contribution in [0.4, 0.5) is 5.82 Å². The maximum absolute atomic E-state index is 12.3. The zero-order valence-electron chi connectivity index (χ0n) is 15.4. The number of carbonyl (C=O) groups is 1. The Morgan fingerprint density at radius 1 is 1.30 bits per heavy atom. The molecule has 1 unspecified atom stereocenters. The first kappa shape index (κ1) is 17.6. The summed E-state index contributed by atoms with van der Waals surface area (Å²) in [6.45, 7) is 2.08. The molecule has 3 heterocycles. The number of anilines is 1. The zero-order chi connectivity index (χ0) is 19.0. The van der Waals surface area contributed by atoms with Gasteiger partial charge in [0.15, 0.2) is 0 Å². The number of nitrogens with zero attached hydrogens (tertiary/aromatic N) is 3. The van der Waals surface area contributed by atoms with Crippen LogP contribution < -0.4 is 10.1 Å². The second-order valence-corrected chi connectivity index (χ2v) is 7.50. The summed E-state index contributed by atoms with van der Waals surface area (Å²) in [6.07, 6.45) is 1.75. The van der Waals surface area contributed by atoms with Crippen molar-refractivity contribution in [1.29, 1.82) is 0 Å². The fourth-order valence-corrected chi connectivity index (χ4v) is 4.53. The lowest BCUT2D eigenvalue weighted by molar-refractivity contribution is -0.113. The molecule has 0 fully saturated rings. The molecule has 1 N–H and O–H groups in total. The van der Waals surface area contributed by atoms with Gasteiger partial charge in [0.05, 0.1) is 23.8 Å². The second kappa shape index (κ2) is 7.08. The molecule has 7 heteroatoms. The molecule has 1 atom stereocenters. The molecule has 138 valence electrons. The van der Waals surface area contributed by atoms with Crippen molar-refractivity contribution in [2.24, 2.45) is 7.05 Å². The molecule has 0 spiro atoms. The van der Waals surface area contributed by atoms with E-state index in [-0.39, 0.29) is 11.2 Å². The van der Waals surface area contributed by atoms with Crippen LogP contribution in [0.15, 0.2) is 42.6 Å². The third-order valence-electron chi connectivity index (χ3n) is 4.66. The first-order chi connectivity index (χ1) is 13.1. The highest BCUT2D eigenvalue weighted by Gasteiger charge is 2.32. The molecule has 0 radical (unpaired) electrons. The summed E-state index contributed by atoms with van der Waals surface area (Å²) in [5.41, 5.74) is 4.81. The van der Waals surface area contributed by atoms with Crippen molar-refractivity contribution in [1.82, 2.24) is 14.8 Å². The minimum absolute atomic E-state index is 0.0279.